The van der Waals surface area contributed by atoms with Crippen LogP contribution in [0.3, 0.4) is 0 Å². The Balaban J connectivity index is 2.19. The van der Waals surface area contributed by atoms with Gasteiger partial charge in [0.2, 0.25) is 0 Å². The number of H-pyrrole nitrogens is 1. The monoisotopic (exact) mass is 214 g/mol. The average Bonchev–Trinajstić information content (AvgIpc) is 2.82. The van der Waals surface area contributed by atoms with E-state index >= 15 is 0 Å². The van der Waals surface area contributed by atoms with Gasteiger partial charge in [0.1, 0.15) is 0 Å². The summed E-state index contributed by atoms with van der Waals surface area (Å²) < 4.78 is 0. The highest BCUT2D eigenvalue weighted by molar-refractivity contribution is 7.15. The first-order chi connectivity index (χ1) is 7.33. The molecule has 15 heavy (non-hydrogen) atoms. The molecule has 0 atom stereocenters. The van der Waals surface area contributed by atoms with Crippen LogP contribution in [-0.2, 0) is 0 Å². The Hall–Kier alpha value is -1.61. The Morgan fingerprint density at radius 2 is 2.13 bits per heavy atom. The lowest BCUT2D eigenvalue weighted by Gasteiger charge is -1.87. The summed E-state index contributed by atoms with van der Waals surface area (Å²) in [5.41, 5.74) is 2.33. The molecule has 3 rings (SSSR count). The molecule has 3 aromatic rings. The Morgan fingerprint density at radius 3 is 2.87 bits per heavy atom. The molecule has 1 aromatic carbocycles. The van der Waals surface area contributed by atoms with Crippen molar-refractivity contribution in [3.63, 3.8) is 0 Å². The number of aromatic amines is 1. The van der Waals surface area contributed by atoms with Gasteiger partial charge < -0.3 is 4.98 Å². The molecule has 0 amide bonds. The fourth-order valence-corrected chi connectivity index (χ4v) is 2.44. The van der Waals surface area contributed by atoms with Gasteiger partial charge in [-0.15, -0.1) is 11.3 Å². The van der Waals surface area contributed by atoms with Gasteiger partial charge in [0.05, 0.1) is 15.6 Å². The first kappa shape index (κ1) is 8.68. The van der Waals surface area contributed by atoms with Crippen molar-refractivity contribution in [1.82, 2.24) is 9.97 Å². The molecule has 0 unspecified atom stereocenters. The van der Waals surface area contributed by atoms with Crippen molar-refractivity contribution in [2.45, 2.75) is 6.92 Å². The molecule has 0 aliphatic heterocycles. The van der Waals surface area contributed by atoms with Crippen molar-refractivity contribution in [2.75, 3.05) is 0 Å². The summed E-state index contributed by atoms with van der Waals surface area (Å²) >= 11 is 1.71. The number of aromatic nitrogens is 2. The minimum Gasteiger partial charge on any atom is -0.354 e. The van der Waals surface area contributed by atoms with E-state index < -0.39 is 0 Å². The molecule has 1 N–H and O–H groups in total. The second-order valence-electron chi connectivity index (χ2n) is 3.51. The quantitative estimate of drug-likeness (QED) is 0.658. The number of fused-ring (bicyclic) bond motifs is 1. The molecule has 2 aromatic heterocycles. The van der Waals surface area contributed by atoms with Crippen molar-refractivity contribution in [3.8, 4) is 10.6 Å². The fraction of sp³-hybridized carbons (Fsp3) is 0.0833. The van der Waals surface area contributed by atoms with Crippen LogP contribution in [0.1, 0.15) is 5.01 Å². The summed E-state index contributed by atoms with van der Waals surface area (Å²) in [6.45, 7) is 2.02. The van der Waals surface area contributed by atoms with Gasteiger partial charge in [-0.2, -0.15) is 0 Å². The summed E-state index contributed by atoms with van der Waals surface area (Å²) in [6, 6.07) is 10.5. The number of nitrogens with one attached hydrogen (secondary N) is 1. The van der Waals surface area contributed by atoms with Gasteiger partial charge in [-0.25, -0.2) is 4.98 Å². The average molecular weight is 214 g/mol. The lowest BCUT2D eigenvalue weighted by atomic mass is 10.2. The normalized spacial score (nSPS) is 11.0. The predicted octanol–water partition coefficient (Wildman–Crippen LogP) is 3.60. The number of hydrogen-bond donors (Lipinski definition) is 1. The van der Waals surface area contributed by atoms with E-state index in [9.17, 15) is 0 Å². The summed E-state index contributed by atoms with van der Waals surface area (Å²) in [4.78, 5) is 8.86. The maximum Gasteiger partial charge on any atom is 0.0901 e. The Labute approximate surface area is 91.6 Å². The zero-order chi connectivity index (χ0) is 10.3. The third-order valence-corrected chi connectivity index (χ3v) is 3.36. The molecule has 0 aliphatic rings. The molecule has 0 saturated heterocycles. The molecular weight excluding hydrogens is 204 g/mol. The zero-order valence-electron chi connectivity index (χ0n) is 8.32. The van der Waals surface area contributed by atoms with Gasteiger partial charge >= 0.3 is 0 Å². The van der Waals surface area contributed by atoms with Gasteiger partial charge in [0, 0.05) is 17.1 Å². The van der Waals surface area contributed by atoms with Crippen molar-refractivity contribution in [3.05, 3.63) is 41.5 Å². The highest BCUT2D eigenvalue weighted by atomic mass is 32.1. The smallest absolute Gasteiger partial charge is 0.0901 e. The first-order valence-electron chi connectivity index (χ1n) is 4.83. The number of nitrogens with zero attached hydrogens (tertiary/aromatic N) is 1. The van der Waals surface area contributed by atoms with Crippen LogP contribution in [0.2, 0.25) is 0 Å². The number of benzene rings is 1. The largest absolute Gasteiger partial charge is 0.354 e. The van der Waals surface area contributed by atoms with Crippen LogP contribution in [0.15, 0.2) is 36.5 Å². The number of aryl methyl sites for hydroxylation is 1. The van der Waals surface area contributed by atoms with E-state index in [2.05, 4.69) is 34.2 Å². The molecule has 74 valence electrons. The molecule has 0 radical (unpaired) electrons. The second-order valence-corrected chi connectivity index (χ2v) is 4.75. The summed E-state index contributed by atoms with van der Waals surface area (Å²) in [5, 5.41) is 2.35. The maximum atomic E-state index is 4.26. The maximum absolute atomic E-state index is 4.26. The first-order valence-corrected chi connectivity index (χ1v) is 5.65. The van der Waals surface area contributed by atoms with Crippen LogP contribution in [0.4, 0.5) is 0 Å². The third-order valence-electron chi connectivity index (χ3n) is 2.42. The molecule has 3 heteroatoms. The predicted molar refractivity (Wildman–Crippen MR) is 64.1 cm³/mol. The van der Waals surface area contributed by atoms with Crippen molar-refractivity contribution in [1.29, 1.82) is 0 Å². The summed E-state index contributed by atoms with van der Waals surface area (Å²) in [7, 11) is 0. The number of hydrogen-bond acceptors (Lipinski definition) is 2. The lowest BCUT2D eigenvalue weighted by molar-refractivity contribution is 1.30. The van der Waals surface area contributed by atoms with Crippen LogP contribution in [0.5, 0.6) is 0 Å². The van der Waals surface area contributed by atoms with E-state index in [1.54, 1.807) is 11.3 Å². The minimum absolute atomic E-state index is 1.10. The van der Waals surface area contributed by atoms with Crippen molar-refractivity contribution in [2.24, 2.45) is 0 Å². The molecule has 0 fully saturated rings. The van der Waals surface area contributed by atoms with E-state index in [1.165, 1.54) is 15.8 Å². The van der Waals surface area contributed by atoms with Crippen LogP contribution in [0, 0.1) is 6.92 Å². The van der Waals surface area contributed by atoms with Gasteiger partial charge in [-0.3, -0.25) is 0 Å². The standard InChI is InChI=1S/C12H10N2S/c1-8-13-7-12(15-8)11-6-9-4-2-3-5-10(9)14-11/h2-7,14H,1H3. The number of para-hydroxylation sites is 1. The Kier molecular flexibility index (Phi) is 1.86. The lowest BCUT2D eigenvalue weighted by Crippen LogP contribution is -1.68. The van der Waals surface area contributed by atoms with Crippen molar-refractivity contribution < 1.29 is 0 Å². The number of thiazole rings is 1. The van der Waals surface area contributed by atoms with E-state index in [4.69, 9.17) is 0 Å². The summed E-state index contributed by atoms with van der Waals surface area (Å²) in [5.74, 6) is 0. The highest BCUT2D eigenvalue weighted by Gasteiger charge is 2.05. The SMILES string of the molecule is Cc1ncc(-c2cc3ccccc3[nH]2)s1. The second kappa shape index (κ2) is 3.21. The molecule has 2 heterocycles. The zero-order valence-corrected chi connectivity index (χ0v) is 9.14. The van der Waals surface area contributed by atoms with Gasteiger partial charge in [-0.1, -0.05) is 18.2 Å². The van der Waals surface area contributed by atoms with E-state index in [-0.39, 0.29) is 0 Å². The van der Waals surface area contributed by atoms with Gasteiger partial charge in [0.15, 0.2) is 0 Å². The minimum atomic E-state index is 1.10. The fourth-order valence-electron chi connectivity index (χ4n) is 1.69. The number of rotatable bonds is 1. The van der Waals surface area contributed by atoms with E-state index in [0.29, 0.717) is 0 Å². The Bertz CT molecular complexity index is 574. The highest BCUT2D eigenvalue weighted by Crippen LogP contribution is 2.27. The van der Waals surface area contributed by atoms with Crippen molar-refractivity contribution >= 4 is 22.2 Å². The molecular formula is C12H10N2S. The van der Waals surface area contributed by atoms with Gasteiger partial charge in [0.25, 0.3) is 0 Å². The Morgan fingerprint density at radius 1 is 1.27 bits per heavy atom. The third kappa shape index (κ3) is 1.45. The molecule has 2 nitrogen and oxygen atoms in total. The molecule has 0 aliphatic carbocycles. The van der Waals surface area contributed by atoms with E-state index in [0.717, 1.165) is 10.7 Å². The molecule has 0 spiro atoms. The van der Waals surface area contributed by atoms with Crippen LogP contribution >= 0.6 is 11.3 Å². The topological polar surface area (TPSA) is 28.7 Å². The molecule has 0 bridgehead atoms. The molecule has 0 saturated carbocycles. The van der Waals surface area contributed by atoms with Crippen LogP contribution in [-0.4, -0.2) is 9.97 Å². The van der Waals surface area contributed by atoms with Gasteiger partial charge in [-0.05, 0) is 19.1 Å². The van der Waals surface area contributed by atoms with E-state index in [1.807, 2.05) is 19.2 Å². The summed E-state index contributed by atoms with van der Waals surface area (Å²) in [6.07, 6.45) is 1.92. The van der Waals surface area contributed by atoms with Crippen LogP contribution < -0.4 is 0 Å². The van der Waals surface area contributed by atoms with Crippen LogP contribution in [0.25, 0.3) is 21.5 Å².